The molecule has 7 nitrogen and oxygen atoms in total. The second-order valence-electron chi connectivity index (χ2n) is 6.00. The van der Waals surface area contributed by atoms with Crippen molar-refractivity contribution in [2.24, 2.45) is 0 Å². The van der Waals surface area contributed by atoms with Gasteiger partial charge in [-0.15, -0.1) is 0 Å². The fraction of sp³-hybridized carbons (Fsp3) is 0.278. The Hall–Kier alpha value is -3.09. The maximum absolute atomic E-state index is 12.6. The van der Waals surface area contributed by atoms with E-state index in [0.29, 0.717) is 17.1 Å². The summed E-state index contributed by atoms with van der Waals surface area (Å²) < 4.78 is 5.56. The number of carbonyl (C=O) groups excluding carboxylic acids is 1. The average molecular weight is 343 g/mol. The highest BCUT2D eigenvalue weighted by atomic mass is 16.6. The van der Waals surface area contributed by atoms with Crippen molar-refractivity contribution in [1.29, 1.82) is 0 Å². The number of ether oxygens (including phenoxy) is 1. The van der Waals surface area contributed by atoms with Crippen LogP contribution in [0.25, 0.3) is 0 Å². The minimum atomic E-state index is -0.520. The number of nitro benzene ring substituents is 1. The van der Waals surface area contributed by atoms with E-state index in [1.54, 1.807) is 49.3 Å². The Balaban J connectivity index is 2.25. The van der Waals surface area contributed by atoms with E-state index in [-0.39, 0.29) is 17.4 Å². The lowest BCUT2D eigenvalue weighted by Crippen LogP contribution is -2.18. The molecule has 132 valence electrons. The zero-order valence-corrected chi connectivity index (χ0v) is 14.6. The van der Waals surface area contributed by atoms with E-state index in [1.165, 1.54) is 12.1 Å². The van der Waals surface area contributed by atoms with Crippen LogP contribution in [0.4, 0.5) is 17.1 Å². The summed E-state index contributed by atoms with van der Waals surface area (Å²) in [6.45, 7) is 3.86. The number of hydrogen-bond donors (Lipinski definition) is 1. The number of amides is 1. The van der Waals surface area contributed by atoms with E-state index in [4.69, 9.17) is 4.74 Å². The molecule has 0 aromatic heterocycles. The molecule has 0 spiro atoms. The van der Waals surface area contributed by atoms with E-state index in [9.17, 15) is 14.9 Å². The van der Waals surface area contributed by atoms with Crippen LogP contribution in [0, 0.1) is 10.1 Å². The summed E-state index contributed by atoms with van der Waals surface area (Å²) in [6.07, 6.45) is 0.0629. The SMILES string of the molecule is CC(C)Oc1ccc(NC(=O)c2cc([N+](=O)[O-])ccc2N(C)C)cc1. The summed E-state index contributed by atoms with van der Waals surface area (Å²) in [7, 11) is 3.55. The first-order valence-corrected chi connectivity index (χ1v) is 7.81. The van der Waals surface area contributed by atoms with Crippen molar-refractivity contribution in [3.8, 4) is 5.75 Å². The second kappa shape index (κ2) is 7.65. The normalized spacial score (nSPS) is 10.4. The number of nitro groups is 1. The molecule has 25 heavy (non-hydrogen) atoms. The van der Waals surface area contributed by atoms with Gasteiger partial charge >= 0.3 is 0 Å². The van der Waals surface area contributed by atoms with Crippen molar-refractivity contribution in [2.45, 2.75) is 20.0 Å². The highest BCUT2D eigenvalue weighted by Gasteiger charge is 2.18. The standard InChI is InChI=1S/C18H21N3O4/c1-12(2)25-15-8-5-13(6-9-15)19-18(22)16-11-14(21(23)24)7-10-17(16)20(3)4/h5-12H,1-4H3,(H,19,22). The fourth-order valence-electron chi connectivity index (χ4n) is 2.30. The van der Waals surface area contributed by atoms with Crippen molar-refractivity contribution < 1.29 is 14.5 Å². The summed E-state index contributed by atoms with van der Waals surface area (Å²) in [5.74, 6) is 0.294. The third kappa shape index (κ3) is 4.69. The maximum Gasteiger partial charge on any atom is 0.270 e. The molecule has 7 heteroatoms. The van der Waals surface area contributed by atoms with Gasteiger partial charge in [-0.3, -0.25) is 14.9 Å². The number of non-ortho nitro benzene ring substituents is 1. The minimum Gasteiger partial charge on any atom is -0.491 e. The van der Waals surface area contributed by atoms with Gasteiger partial charge in [-0.1, -0.05) is 0 Å². The van der Waals surface area contributed by atoms with Gasteiger partial charge in [0.1, 0.15) is 5.75 Å². The quantitative estimate of drug-likeness (QED) is 0.638. The summed E-state index contributed by atoms with van der Waals surface area (Å²) >= 11 is 0. The molecule has 0 aliphatic rings. The van der Waals surface area contributed by atoms with Crippen LogP contribution < -0.4 is 15.0 Å². The Morgan fingerprint density at radius 3 is 2.32 bits per heavy atom. The first kappa shape index (κ1) is 18.3. The second-order valence-corrected chi connectivity index (χ2v) is 6.00. The van der Waals surface area contributed by atoms with Crippen LogP contribution in [0.3, 0.4) is 0 Å². The monoisotopic (exact) mass is 343 g/mol. The number of benzene rings is 2. The Kier molecular flexibility index (Phi) is 5.59. The van der Waals surface area contributed by atoms with E-state index in [0.717, 1.165) is 0 Å². The summed E-state index contributed by atoms with van der Waals surface area (Å²) in [5, 5.41) is 13.7. The van der Waals surface area contributed by atoms with Gasteiger partial charge in [-0.2, -0.15) is 0 Å². The zero-order chi connectivity index (χ0) is 18.6. The average Bonchev–Trinajstić information content (AvgIpc) is 2.55. The third-order valence-electron chi connectivity index (χ3n) is 3.40. The minimum absolute atomic E-state index is 0.0629. The van der Waals surface area contributed by atoms with E-state index in [1.807, 2.05) is 13.8 Å². The molecule has 1 N–H and O–H groups in total. The molecule has 1 amide bonds. The summed E-state index contributed by atoms with van der Waals surface area (Å²) in [4.78, 5) is 24.8. The van der Waals surface area contributed by atoms with Crippen LogP contribution in [-0.4, -0.2) is 31.0 Å². The number of nitrogens with one attached hydrogen (secondary N) is 1. The molecule has 0 bridgehead atoms. The lowest BCUT2D eigenvalue weighted by atomic mass is 10.1. The molecule has 0 aliphatic carbocycles. The van der Waals surface area contributed by atoms with Gasteiger partial charge in [0.15, 0.2) is 0 Å². The molecule has 2 rings (SSSR count). The number of nitrogens with zero attached hydrogens (tertiary/aromatic N) is 2. The molecule has 0 saturated heterocycles. The predicted octanol–water partition coefficient (Wildman–Crippen LogP) is 3.70. The van der Waals surface area contributed by atoms with Crippen LogP contribution in [0.1, 0.15) is 24.2 Å². The molecule has 0 saturated carbocycles. The topological polar surface area (TPSA) is 84.7 Å². The molecule has 2 aromatic rings. The van der Waals surface area contributed by atoms with Crippen LogP contribution in [0.15, 0.2) is 42.5 Å². The van der Waals surface area contributed by atoms with Gasteiger partial charge in [0.05, 0.1) is 16.6 Å². The number of hydrogen-bond acceptors (Lipinski definition) is 5. The fourth-order valence-corrected chi connectivity index (χ4v) is 2.30. The highest BCUT2D eigenvalue weighted by molar-refractivity contribution is 6.08. The Bertz CT molecular complexity index is 770. The largest absolute Gasteiger partial charge is 0.491 e. The lowest BCUT2D eigenvalue weighted by Gasteiger charge is -2.17. The molecule has 2 aromatic carbocycles. The number of anilines is 2. The van der Waals surface area contributed by atoms with Gasteiger partial charge in [0.2, 0.25) is 0 Å². The van der Waals surface area contributed by atoms with Crippen molar-refractivity contribution in [1.82, 2.24) is 0 Å². The van der Waals surface area contributed by atoms with Gasteiger partial charge in [-0.25, -0.2) is 0 Å². The molecule has 0 aliphatic heterocycles. The van der Waals surface area contributed by atoms with E-state index < -0.39 is 10.8 Å². The maximum atomic E-state index is 12.6. The van der Waals surface area contributed by atoms with Crippen molar-refractivity contribution in [3.05, 3.63) is 58.1 Å². The molecule has 0 unspecified atom stereocenters. The van der Waals surface area contributed by atoms with E-state index >= 15 is 0 Å². The summed E-state index contributed by atoms with van der Waals surface area (Å²) in [5.41, 5.74) is 1.29. The Morgan fingerprint density at radius 1 is 1.16 bits per heavy atom. The smallest absolute Gasteiger partial charge is 0.270 e. The van der Waals surface area contributed by atoms with Crippen LogP contribution in [-0.2, 0) is 0 Å². The lowest BCUT2D eigenvalue weighted by molar-refractivity contribution is -0.384. The molecule has 0 atom stereocenters. The Morgan fingerprint density at radius 2 is 1.80 bits per heavy atom. The molecular weight excluding hydrogens is 322 g/mol. The Labute approximate surface area is 146 Å². The van der Waals surface area contributed by atoms with Crippen LogP contribution in [0.2, 0.25) is 0 Å². The molecule has 0 heterocycles. The van der Waals surface area contributed by atoms with Gasteiger partial charge in [-0.05, 0) is 44.2 Å². The predicted molar refractivity (Wildman–Crippen MR) is 97.6 cm³/mol. The van der Waals surface area contributed by atoms with Crippen molar-refractivity contribution in [2.75, 3.05) is 24.3 Å². The van der Waals surface area contributed by atoms with Gasteiger partial charge in [0, 0.05) is 37.6 Å². The molecule has 0 fully saturated rings. The molecule has 0 radical (unpaired) electrons. The van der Waals surface area contributed by atoms with Gasteiger partial charge in [0.25, 0.3) is 11.6 Å². The highest BCUT2D eigenvalue weighted by Crippen LogP contribution is 2.25. The first-order chi connectivity index (χ1) is 11.8. The van der Waals surface area contributed by atoms with Crippen molar-refractivity contribution >= 4 is 23.0 Å². The number of rotatable bonds is 6. The van der Waals surface area contributed by atoms with Crippen LogP contribution >= 0.6 is 0 Å². The number of carbonyl (C=O) groups is 1. The van der Waals surface area contributed by atoms with Gasteiger partial charge < -0.3 is 15.0 Å². The van der Waals surface area contributed by atoms with Crippen molar-refractivity contribution in [3.63, 3.8) is 0 Å². The molecular formula is C18H21N3O4. The van der Waals surface area contributed by atoms with Crippen LogP contribution in [0.5, 0.6) is 5.75 Å². The third-order valence-corrected chi connectivity index (χ3v) is 3.40. The first-order valence-electron chi connectivity index (χ1n) is 7.81. The summed E-state index contributed by atoms with van der Waals surface area (Å²) in [6, 6.07) is 11.2. The van der Waals surface area contributed by atoms with E-state index in [2.05, 4.69) is 5.32 Å². The zero-order valence-electron chi connectivity index (χ0n) is 14.6.